The highest BCUT2D eigenvalue weighted by Crippen LogP contribution is 2.39. The number of halogens is 2. The maximum absolute atomic E-state index is 13.2. The summed E-state index contributed by atoms with van der Waals surface area (Å²) in [6.45, 7) is 6.65. The van der Waals surface area contributed by atoms with Gasteiger partial charge in [-0.25, -0.2) is 4.39 Å². The molecule has 2 amide bonds. The third-order valence-electron chi connectivity index (χ3n) is 6.08. The molecule has 6 nitrogen and oxygen atoms in total. The molecule has 0 unspecified atom stereocenters. The molecule has 0 radical (unpaired) electrons. The molecule has 1 aliphatic rings. The number of thioether (sulfide) groups is 1. The number of benzene rings is 3. The first-order valence-corrected chi connectivity index (χ1v) is 13.6. The van der Waals surface area contributed by atoms with Crippen molar-refractivity contribution in [3.05, 3.63) is 92.6 Å². The quantitative estimate of drug-likeness (QED) is 0.234. The molecule has 1 saturated heterocycles. The van der Waals surface area contributed by atoms with Gasteiger partial charge in [0.1, 0.15) is 24.8 Å². The Morgan fingerprint density at radius 3 is 2.46 bits per heavy atom. The van der Waals surface area contributed by atoms with Crippen LogP contribution in [0.25, 0.3) is 6.08 Å². The first kappa shape index (κ1) is 28.5. The van der Waals surface area contributed by atoms with Gasteiger partial charge in [-0.3, -0.25) is 14.5 Å². The van der Waals surface area contributed by atoms with Gasteiger partial charge in [-0.1, -0.05) is 49.7 Å². The first-order chi connectivity index (χ1) is 18.7. The monoisotopic (exact) mass is 569 g/mol. The molecule has 9 heteroatoms. The van der Waals surface area contributed by atoms with Gasteiger partial charge in [-0.2, -0.15) is 0 Å². The van der Waals surface area contributed by atoms with E-state index >= 15 is 0 Å². The fraction of sp³-hybridized carbons (Fsp3) is 0.267. The zero-order valence-corrected chi connectivity index (χ0v) is 23.7. The number of amides is 2. The molecule has 0 spiro atoms. The van der Waals surface area contributed by atoms with E-state index in [0.717, 1.165) is 34.2 Å². The van der Waals surface area contributed by atoms with Gasteiger partial charge in [0, 0.05) is 0 Å². The van der Waals surface area contributed by atoms with Crippen molar-refractivity contribution >= 4 is 40.6 Å². The molecule has 39 heavy (non-hydrogen) atoms. The summed E-state index contributed by atoms with van der Waals surface area (Å²) in [5, 5.41) is -0.0880. The molecule has 0 saturated carbocycles. The summed E-state index contributed by atoms with van der Waals surface area (Å²) in [5.74, 6) is 1.00. The van der Waals surface area contributed by atoms with Gasteiger partial charge in [0.05, 0.1) is 23.6 Å². The lowest BCUT2D eigenvalue weighted by molar-refractivity contribution is -0.123. The highest BCUT2D eigenvalue weighted by molar-refractivity contribution is 8.18. The molecule has 0 aromatic heterocycles. The van der Waals surface area contributed by atoms with Crippen LogP contribution in [0.15, 0.2) is 59.5 Å². The standard InChI is InChI=1S/C30H29ClFNO5S/c1-18(2)23-10-5-19(3)13-25(23)37-12-11-33-29(34)27(39-30(33)35)16-21-14-24(31)28(26(15-21)36-4)38-17-20-6-8-22(32)9-7-20/h5-10,13-16,18H,11-12,17H2,1-4H3/b27-16-. The van der Waals surface area contributed by atoms with Crippen molar-refractivity contribution in [1.29, 1.82) is 0 Å². The highest BCUT2D eigenvalue weighted by atomic mass is 35.5. The molecule has 4 rings (SSSR count). The van der Waals surface area contributed by atoms with E-state index in [1.165, 1.54) is 24.1 Å². The van der Waals surface area contributed by atoms with E-state index in [4.69, 9.17) is 25.8 Å². The van der Waals surface area contributed by atoms with E-state index in [-0.39, 0.29) is 46.7 Å². The normalized spacial score (nSPS) is 14.4. The average molecular weight is 570 g/mol. The Kier molecular flexibility index (Phi) is 9.20. The number of rotatable bonds is 10. The smallest absolute Gasteiger partial charge is 0.293 e. The fourth-order valence-electron chi connectivity index (χ4n) is 4.03. The van der Waals surface area contributed by atoms with Crippen molar-refractivity contribution in [2.24, 2.45) is 0 Å². The van der Waals surface area contributed by atoms with Gasteiger partial charge in [-0.15, -0.1) is 0 Å². The van der Waals surface area contributed by atoms with E-state index < -0.39 is 5.91 Å². The predicted molar refractivity (Wildman–Crippen MR) is 152 cm³/mol. The summed E-state index contributed by atoms with van der Waals surface area (Å²) < 4.78 is 30.4. The molecular weight excluding hydrogens is 541 g/mol. The van der Waals surface area contributed by atoms with E-state index in [1.54, 1.807) is 30.3 Å². The molecule has 1 fully saturated rings. The summed E-state index contributed by atoms with van der Waals surface area (Å²) in [6, 6.07) is 15.3. The molecule has 1 heterocycles. The minimum atomic E-state index is -0.395. The number of methoxy groups -OCH3 is 1. The van der Waals surface area contributed by atoms with Crippen LogP contribution in [-0.2, 0) is 11.4 Å². The van der Waals surface area contributed by atoms with Crippen molar-refractivity contribution in [2.75, 3.05) is 20.3 Å². The summed E-state index contributed by atoms with van der Waals surface area (Å²) in [7, 11) is 1.48. The largest absolute Gasteiger partial charge is 0.493 e. The molecule has 204 valence electrons. The lowest BCUT2D eigenvalue weighted by atomic mass is 10.0. The molecule has 1 aliphatic heterocycles. The minimum absolute atomic E-state index is 0.133. The van der Waals surface area contributed by atoms with E-state index in [9.17, 15) is 14.0 Å². The summed E-state index contributed by atoms with van der Waals surface area (Å²) in [6.07, 6.45) is 1.60. The highest BCUT2D eigenvalue weighted by Gasteiger charge is 2.35. The Morgan fingerprint density at radius 1 is 1.03 bits per heavy atom. The van der Waals surface area contributed by atoms with Crippen LogP contribution in [0.4, 0.5) is 9.18 Å². The van der Waals surface area contributed by atoms with Crippen molar-refractivity contribution in [2.45, 2.75) is 33.3 Å². The Hall–Kier alpha value is -3.49. The topological polar surface area (TPSA) is 65.1 Å². The lowest BCUT2D eigenvalue weighted by Gasteiger charge is -2.17. The molecule has 3 aromatic rings. The number of hydrogen-bond acceptors (Lipinski definition) is 6. The van der Waals surface area contributed by atoms with Crippen molar-refractivity contribution < 1.29 is 28.2 Å². The third kappa shape index (κ3) is 6.94. The molecule has 0 atom stereocenters. The van der Waals surface area contributed by atoms with Crippen molar-refractivity contribution in [1.82, 2.24) is 4.90 Å². The average Bonchev–Trinajstić information content (AvgIpc) is 3.16. The zero-order valence-electron chi connectivity index (χ0n) is 22.1. The Balaban J connectivity index is 1.44. The van der Waals surface area contributed by atoms with Gasteiger partial charge in [0.25, 0.3) is 11.1 Å². The first-order valence-electron chi connectivity index (χ1n) is 12.4. The van der Waals surface area contributed by atoms with E-state index in [0.29, 0.717) is 17.1 Å². The van der Waals surface area contributed by atoms with Crippen LogP contribution < -0.4 is 14.2 Å². The lowest BCUT2D eigenvalue weighted by Crippen LogP contribution is -2.32. The molecule has 0 aliphatic carbocycles. The SMILES string of the molecule is COc1cc(/C=C2\SC(=O)N(CCOc3cc(C)ccc3C(C)C)C2=O)cc(Cl)c1OCc1ccc(F)cc1. The molecule has 0 N–H and O–H groups in total. The Morgan fingerprint density at radius 2 is 1.77 bits per heavy atom. The maximum Gasteiger partial charge on any atom is 0.293 e. The molecular formula is C30H29ClFNO5S. The maximum atomic E-state index is 13.2. The second-order valence-electron chi connectivity index (χ2n) is 9.33. The number of ether oxygens (including phenoxy) is 3. The van der Waals surface area contributed by atoms with Crippen LogP contribution in [-0.4, -0.2) is 36.3 Å². The minimum Gasteiger partial charge on any atom is -0.493 e. The van der Waals surface area contributed by atoms with Crippen LogP contribution in [0.2, 0.25) is 5.02 Å². The number of imide groups is 1. The predicted octanol–water partition coefficient (Wildman–Crippen LogP) is 7.61. The van der Waals surface area contributed by atoms with Gasteiger partial charge in [0.15, 0.2) is 11.5 Å². The number of nitrogens with zero attached hydrogens (tertiary/aromatic N) is 1. The third-order valence-corrected chi connectivity index (χ3v) is 7.27. The number of carbonyl (C=O) groups excluding carboxylic acids is 2. The van der Waals surface area contributed by atoms with Crippen LogP contribution in [0.1, 0.15) is 42.0 Å². The molecule has 0 bridgehead atoms. The summed E-state index contributed by atoms with van der Waals surface area (Å²) >= 11 is 7.34. The van der Waals surface area contributed by atoms with Gasteiger partial charge in [-0.05, 0) is 83.3 Å². The fourth-order valence-corrected chi connectivity index (χ4v) is 5.17. The van der Waals surface area contributed by atoms with Crippen LogP contribution in [0.3, 0.4) is 0 Å². The van der Waals surface area contributed by atoms with Crippen LogP contribution in [0.5, 0.6) is 17.2 Å². The van der Waals surface area contributed by atoms with E-state index in [2.05, 4.69) is 13.8 Å². The Labute approximate surface area is 236 Å². The summed E-state index contributed by atoms with van der Waals surface area (Å²) in [4.78, 5) is 27.1. The Bertz CT molecular complexity index is 1410. The van der Waals surface area contributed by atoms with Crippen LogP contribution >= 0.6 is 23.4 Å². The van der Waals surface area contributed by atoms with Gasteiger partial charge >= 0.3 is 0 Å². The van der Waals surface area contributed by atoms with Crippen molar-refractivity contribution in [3.63, 3.8) is 0 Å². The van der Waals surface area contributed by atoms with Crippen molar-refractivity contribution in [3.8, 4) is 17.2 Å². The second-order valence-corrected chi connectivity index (χ2v) is 10.7. The summed E-state index contributed by atoms with van der Waals surface area (Å²) in [5.41, 5.74) is 3.49. The molecule has 3 aromatic carbocycles. The second kappa shape index (κ2) is 12.6. The van der Waals surface area contributed by atoms with Gasteiger partial charge < -0.3 is 14.2 Å². The zero-order chi connectivity index (χ0) is 28.1. The number of hydrogen-bond donors (Lipinski definition) is 0. The number of carbonyl (C=O) groups is 2. The number of aryl methyl sites for hydroxylation is 1. The van der Waals surface area contributed by atoms with Crippen LogP contribution in [0, 0.1) is 12.7 Å². The van der Waals surface area contributed by atoms with E-state index in [1.807, 2.05) is 25.1 Å². The van der Waals surface area contributed by atoms with Gasteiger partial charge in [0.2, 0.25) is 0 Å².